The highest BCUT2D eigenvalue weighted by Crippen LogP contribution is 2.51. The standard InChI is InChI=1S/C14H13F4N3O2.C2HF3O2/c15-10-4-3-8(12(22)23)6-9(10)7-21-5-1-2-11(21)13(19-20-13)14(16,17)18;3-2(4,5)1(6)7/h3-4,6,11H,1-2,5,7H2,(H,22,23);(H,6,7). The summed E-state index contributed by atoms with van der Waals surface area (Å²) in [5.74, 6) is -4.62. The van der Waals surface area contributed by atoms with Crippen LogP contribution < -0.4 is 0 Å². The van der Waals surface area contributed by atoms with Crippen LogP contribution in [0.4, 0.5) is 30.7 Å². The number of carboxylic acid groups (broad SMARTS) is 2. The number of aliphatic carboxylic acids is 1. The van der Waals surface area contributed by atoms with Gasteiger partial charge >= 0.3 is 24.3 Å². The molecule has 2 heterocycles. The van der Waals surface area contributed by atoms with Gasteiger partial charge in [0.15, 0.2) is 0 Å². The number of benzene rings is 1. The fraction of sp³-hybridized carbons (Fsp3) is 0.500. The van der Waals surface area contributed by atoms with E-state index in [9.17, 15) is 35.5 Å². The van der Waals surface area contributed by atoms with Crippen molar-refractivity contribution in [1.82, 2.24) is 4.90 Å². The van der Waals surface area contributed by atoms with Crippen LogP contribution in [0.15, 0.2) is 28.4 Å². The second-order valence-corrected chi connectivity index (χ2v) is 6.47. The van der Waals surface area contributed by atoms with E-state index in [-0.39, 0.29) is 24.1 Å². The highest BCUT2D eigenvalue weighted by molar-refractivity contribution is 5.87. The molecule has 0 aromatic heterocycles. The van der Waals surface area contributed by atoms with E-state index in [1.807, 2.05) is 0 Å². The molecule has 0 spiro atoms. The molecule has 0 saturated carbocycles. The van der Waals surface area contributed by atoms with Crippen LogP contribution in [-0.4, -0.2) is 57.7 Å². The first-order chi connectivity index (χ1) is 13.7. The van der Waals surface area contributed by atoms with Gasteiger partial charge in [-0.15, -0.1) is 10.2 Å². The Hall–Kier alpha value is -2.77. The lowest BCUT2D eigenvalue weighted by molar-refractivity contribution is -0.192. The van der Waals surface area contributed by atoms with Crippen molar-refractivity contribution in [2.45, 2.75) is 43.4 Å². The summed E-state index contributed by atoms with van der Waals surface area (Å²) in [6.45, 7) is 0.241. The lowest BCUT2D eigenvalue weighted by Gasteiger charge is -2.29. The summed E-state index contributed by atoms with van der Waals surface area (Å²) in [5, 5.41) is 22.5. The van der Waals surface area contributed by atoms with Gasteiger partial charge in [0.05, 0.1) is 11.6 Å². The van der Waals surface area contributed by atoms with Gasteiger partial charge in [-0.1, -0.05) is 0 Å². The Balaban J connectivity index is 0.000000396. The summed E-state index contributed by atoms with van der Waals surface area (Å²) in [4.78, 5) is 21.3. The maximum Gasteiger partial charge on any atom is 0.490 e. The first kappa shape index (κ1) is 23.5. The van der Waals surface area contributed by atoms with Gasteiger partial charge < -0.3 is 10.2 Å². The molecule has 166 valence electrons. The fourth-order valence-corrected chi connectivity index (χ4v) is 3.01. The number of rotatable bonds is 4. The molecule has 30 heavy (non-hydrogen) atoms. The van der Waals surface area contributed by atoms with E-state index in [0.717, 1.165) is 18.2 Å². The smallest absolute Gasteiger partial charge is 0.478 e. The zero-order chi connectivity index (χ0) is 22.9. The molecule has 1 atom stereocenters. The molecule has 2 aliphatic heterocycles. The summed E-state index contributed by atoms with van der Waals surface area (Å²) in [5.41, 5.74) is -2.47. The molecular weight excluding hydrogens is 431 g/mol. The molecule has 14 heteroatoms. The highest BCUT2D eigenvalue weighted by Gasteiger charge is 2.69. The maximum atomic E-state index is 13.9. The Morgan fingerprint density at radius 3 is 2.13 bits per heavy atom. The number of halogens is 7. The first-order valence-electron chi connectivity index (χ1n) is 8.25. The fourth-order valence-electron chi connectivity index (χ4n) is 3.01. The Kier molecular flexibility index (Phi) is 6.40. The normalized spacial score (nSPS) is 20.4. The van der Waals surface area contributed by atoms with Gasteiger partial charge in [0.1, 0.15) is 5.82 Å². The number of nitrogens with zero attached hydrogens (tertiary/aromatic N) is 3. The van der Waals surface area contributed by atoms with Gasteiger partial charge in [0.25, 0.3) is 5.66 Å². The van der Waals surface area contributed by atoms with Crippen LogP contribution in [0, 0.1) is 5.82 Å². The minimum absolute atomic E-state index is 0.0507. The van der Waals surface area contributed by atoms with E-state index in [0.29, 0.717) is 13.0 Å². The zero-order valence-corrected chi connectivity index (χ0v) is 14.8. The van der Waals surface area contributed by atoms with Crippen LogP contribution in [0.2, 0.25) is 0 Å². The third kappa shape index (κ3) is 5.04. The van der Waals surface area contributed by atoms with Crippen LogP contribution >= 0.6 is 0 Å². The molecule has 0 bridgehead atoms. The van der Waals surface area contributed by atoms with E-state index in [2.05, 4.69) is 10.2 Å². The van der Waals surface area contributed by atoms with E-state index < -0.39 is 41.8 Å². The summed E-state index contributed by atoms with van der Waals surface area (Å²) in [7, 11) is 0. The summed E-state index contributed by atoms with van der Waals surface area (Å²) in [6, 6.07) is 2.30. The van der Waals surface area contributed by atoms with Gasteiger partial charge in [-0.3, -0.25) is 4.90 Å². The molecule has 2 aliphatic rings. The Bertz CT molecular complexity index is 848. The SMILES string of the molecule is O=C(O)C(F)(F)F.O=C(O)c1ccc(F)c(CN2CCCC2C2(C(F)(F)F)N=N2)c1. The van der Waals surface area contributed by atoms with Crippen LogP contribution in [-0.2, 0) is 11.3 Å². The largest absolute Gasteiger partial charge is 0.490 e. The van der Waals surface area contributed by atoms with Crippen molar-refractivity contribution < 1.29 is 50.5 Å². The summed E-state index contributed by atoms with van der Waals surface area (Å²) in [6.07, 6.45) is -8.89. The zero-order valence-electron chi connectivity index (χ0n) is 14.8. The van der Waals surface area contributed by atoms with Crippen LogP contribution in [0.25, 0.3) is 0 Å². The molecule has 3 rings (SSSR count). The minimum Gasteiger partial charge on any atom is -0.478 e. The Morgan fingerprint density at radius 1 is 1.13 bits per heavy atom. The maximum absolute atomic E-state index is 13.9. The Labute approximate surface area is 163 Å². The summed E-state index contributed by atoms with van der Waals surface area (Å²) < 4.78 is 85.0. The number of carboxylic acids is 2. The van der Waals surface area contributed by atoms with Crippen molar-refractivity contribution in [2.24, 2.45) is 10.2 Å². The van der Waals surface area contributed by atoms with Gasteiger partial charge in [0, 0.05) is 12.1 Å². The van der Waals surface area contributed by atoms with Gasteiger partial charge in [0.2, 0.25) is 0 Å². The number of hydrogen-bond acceptors (Lipinski definition) is 5. The van der Waals surface area contributed by atoms with E-state index in [4.69, 9.17) is 15.0 Å². The lowest BCUT2D eigenvalue weighted by atomic mass is 10.0. The number of alkyl halides is 6. The minimum atomic E-state index is -5.08. The van der Waals surface area contributed by atoms with E-state index >= 15 is 0 Å². The molecule has 1 fully saturated rings. The monoisotopic (exact) mass is 445 g/mol. The topological polar surface area (TPSA) is 103 Å². The number of carbonyl (C=O) groups is 2. The van der Waals surface area contributed by atoms with Gasteiger partial charge in [-0.2, -0.15) is 26.3 Å². The average Bonchev–Trinajstić information content (AvgIpc) is 3.30. The van der Waals surface area contributed by atoms with Crippen molar-refractivity contribution in [3.05, 3.63) is 35.1 Å². The first-order valence-corrected chi connectivity index (χ1v) is 8.25. The van der Waals surface area contributed by atoms with Crippen molar-refractivity contribution >= 4 is 11.9 Å². The van der Waals surface area contributed by atoms with Crippen LogP contribution in [0.3, 0.4) is 0 Å². The number of hydrogen-bond donors (Lipinski definition) is 2. The van der Waals surface area contributed by atoms with E-state index in [1.54, 1.807) is 0 Å². The molecule has 7 nitrogen and oxygen atoms in total. The third-order valence-corrected chi connectivity index (χ3v) is 4.47. The summed E-state index contributed by atoms with van der Waals surface area (Å²) >= 11 is 0. The quantitative estimate of drug-likeness (QED) is 0.686. The second-order valence-electron chi connectivity index (χ2n) is 6.47. The van der Waals surface area contributed by atoms with Crippen molar-refractivity contribution in [3.8, 4) is 0 Å². The predicted octanol–water partition coefficient (Wildman–Crippen LogP) is 3.85. The molecular formula is C16H14F7N3O4. The van der Waals surface area contributed by atoms with Crippen molar-refractivity contribution in [3.63, 3.8) is 0 Å². The molecule has 1 aromatic carbocycles. The van der Waals surface area contributed by atoms with Gasteiger partial charge in [-0.05, 0) is 37.6 Å². The van der Waals surface area contributed by atoms with Crippen LogP contribution in [0.5, 0.6) is 0 Å². The second kappa shape index (κ2) is 8.16. The van der Waals surface area contributed by atoms with Crippen molar-refractivity contribution in [2.75, 3.05) is 6.54 Å². The molecule has 2 N–H and O–H groups in total. The third-order valence-electron chi connectivity index (χ3n) is 4.47. The molecule has 0 radical (unpaired) electrons. The number of aromatic carboxylic acids is 1. The molecule has 1 unspecified atom stereocenters. The molecule has 1 aromatic rings. The molecule has 1 saturated heterocycles. The molecule has 0 amide bonds. The van der Waals surface area contributed by atoms with E-state index in [1.165, 1.54) is 4.90 Å². The van der Waals surface area contributed by atoms with Crippen molar-refractivity contribution in [1.29, 1.82) is 0 Å². The lowest BCUT2D eigenvalue weighted by Crippen LogP contribution is -2.50. The molecule has 0 aliphatic carbocycles. The Morgan fingerprint density at radius 2 is 1.70 bits per heavy atom. The van der Waals surface area contributed by atoms with Crippen LogP contribution in [0.1, 0.15) is 28.8 Å². The predicted molar refractivity (Wildman–Crippen MR) is 84.1 cm³/mol. The van der Waals surface area contributed by atoms with Gasteiger partial charge in [-0.25, -0.2) is 14.0 Å². The highest BCUT2D eigenvalue weighted by atomic mass is 19.4. The number of likely N-dealkylation sites (tertiary alicyclic amines) is 1. The average molecular weight is 445 g/mol.